The number of imidazole rings is 1. The van der Waals surface area contributed by atoms with E-state index in [1.807, 2.05) is 35.0 Å². The van der Waals surface area contributed by atoms with Crippen LogP contribution in [0.3, 0.4) is 0 Å². The standard InChI is InChI=1S/C22H22N6/c1-2-4-17(5-3-1)15-27-13-10-19(16-27)25-21-6-7-22-24-14-20(28(22)26-21)18-8-11-23-12-9-18/h1-9,11-12,14,19H,10,13,15-16H2,(H,25,26). The Morgan fingerprint density at radius 2 is 1.86 bits per heavy atom. The Morgan fingerprint density at radius 1 is 1.00 bits per heavy atom. The van der Waals surface area contributed by atoms with Gasteiger partial charge in [-0.05, 0) is 36.2 Å². The van der Waals surface area contributed by atoms with E-state index in [1.54, 1.807) is 12.4 Å². The van der Waals surface area contributed by atoms with E-state index in [1.165, 1.54) is 5.56 Å². The fourth-order valence-electron chi connectivity index (χ4n) is 3.81. The highest BCUT2D eigenvalue weighted by Gasteiger charge is 2.22. The minimum atomic E-state index is 0.404. The third-order valence-electron chi connectivity index (χ3n) is 5.21. The molecule has 0 bridgehead atoms. The number of fused-ring (bicyclic) bond motifs is 1. The predicted molar refractivity (Wildman–Crippen MR) is 110 cm³/mol. The average Bonchev–Trinajstić information content (AvgIpc) is 3.36. The Bertz CT molecular complexity index is 1060. The lowest BCUT2D eigenvalue weighted by Gasteiger charge is -2.17. The molecule has 4 heterocycles. The Morgan fingerprint density at radius 3 is 2.71 bits per heavy atom. The van der Waals surface area contributed by atoms with Gasteiger partial charge in [-0.25, -0.2) is 9.50 Å². The summed E-state index contributed by atoms with van der Waals surface area (Å²) in [5.74, 6) is 0.882. The summed E-state index contributed by atoms with van der Waals surface area (Å²) in [6.45, 7) is 3.12. The summed E-state index contributed by atoms with van der Waals surface area (Å²) in [5.41, 5.74) is 4.23. The molecule has 1 atom stereocenters. The zero-order valence-electron chi connectivity index (χ0n) is 15.6. The van der Waals surface area contributed by atoms with Crippen molar-refractivity contribution in [2.24, 2.45) is 0 Å². The van der Waals surface area contributed by atoms with Gasteiger partial charge in [-0.3, -0.25) is 9.88 Å². The molecule has 0 aliphatic carbocycles. The van der Waals surface area contributed by atoms with E-state index >= 15 is 0 Å². The number of nitrogens with zero attached hydrogens (tertiary/aromatic N) is 5. The minimum absolute atomic E-state index is 0.404. The maximum atomic E-state index is 4.79. The van der Waals surface area contributed by atoms with Crippen molar-refractivity contribution in [1.82, 2.24) is 24.5 Å². The van der Waals surface area contributed by atoms with Crippen LogP contribution in [0.5, 0.6) is 0 Å². The van der Waals surface area contributed by atoms with Crippen LogP contribution < -0.4 is 5.32 Å². The molecule has 3 aromatic heterocycles. The SMILES string of the molecule is c1ccc(CN2CCC(Nc3ccc4ncc(-c5ccncc5)n4n3)C2)cc1. The van der Waals surface area contributed by atoms with Gasteiger partial charge >= 0.3 is 0 Å². The lowest BCUT2D eigenvalue weighted by Crippen LogP contribution is -2.26. The molecule has 140 valence electrons. The number of anilines is 1. The van der Waals surface area contributed by atoms with Crippen molar-refractivity contribution >= 4 is 11.5 Å². The second kappa shape index (κ2) is 7.40. The fourth-order valence-corrected chi connectivity index (χ4v) is 3.81. The molecule has 1 unspecified atom stereocenters. The second-order valence-electron chi connectivity index (χ2n) is 7.22. The largest absolute Gasteiger partial charge is 0.365 e. The number of nitrogens with one attached hydrogen (secondary N) is 1. The first-order chi connectivity index (χ1) is 13.8. The van der Waals surface area contributed by atoms with Crippen molar-refractivity contribution in [3.8, 4) is 11.3 Å². The molecule has 6 nitrogen and oxygen atoms in total. The highest BCUT2D eigenvalue weighted by molar-refractivity contribution is 5.63. The molecule has 28 heavy (non-hydrogen) atoms. The Balaban J connectivity index is 1.31. The van der Waals surface area contributed by atoms with Crippen LogP contribution >= 0.6 is 0 Å². The molecule has 0 spiro atoms. The van der Waals surface area contributed by atoms with Crippen LogP contribution in [0.15, 0.2) is 73.2 Å². The Hall–Kier alpha value is -3.25. The van der Waals surface area contributed by atoms with Gasteiger partial charge in [0.2, 0.25) is 0 Å². The number of pyridine rings is 1. The van der Waals surface area contributed by atoms with Crippen molar-refractivity contribution < 1.29 is 0 Å². The molecule has 1 aliphatic rings. The summed E-state index contributed by atoms with van der Waals surface area (Å²) in [6.07, 6.45) is 6.56. The lowest BCUT2D eigenvalue weighted by atomic mass is 10.2. The number of benzene rings is 1. The van der Waals surface area contributed by atoms with Crippen LogP contribution in [0.25, 0.3) is 16.9 Å². The monoisotopic (exact) mass is 370 g/mol. The normalized spacial score (nSPS) is 17.2. The van der Waals surface area contributed by atoms with Crippen molar-refractivity contribution in [3.63, 3.8) is 0 Å². The second-order valence-corrected chi connectivity index (χ2v) is 7.22. The number of hydrogen-bond acceptors (Lipinski definition) is 5. The first-order valence-corrected chi connectivity index (χ1v) is 9.63. The zero-order valence-corrected chi connectivity index (χ0v) is 15.6. The molecule has 1 fully saturated rings. The van der Waals surface area contributed by atoms with Crippen LogP contribution in [-0.2, 0) is 6.54 Å². The summed E-state index contributed by atoms with van der Waals surface area (Å²) >= 11 is 0. The van der Waals surface area contributed by atoms with Crippen LogP contribution in [0.4, 0.5) is 5.82 Å². The molecule has 1 N–H and O–H groups in total. The summed E-state index contributed by atoms with van der Waals surface area (Å²) < 4.78 is 1.90. The van der Waals surface area contributed by atoms with Crippen molar-refractivity contribution in [1.29, 1.82) is 0 Å². The molecule has 0 radical (unpaired) electrons. The highest BCUT2D eigenvalue weighted by Crippen LogP contribution is 2.21. The average molecular weight is 370 g/mol. The Kier molecular flexibility index (Phi) is 4.47. The lowest BCUT2D eigenvalue weighted by molar-refractivity contribution is 0.328. The van der Waals surface area contributed by atoms with Crippen molar-refractivity contribution in [2.75, 3.05) is 18.4 Å². The number of rotatable bonds is 5. The first kappa shape index (κ1) is 16.9. The summed E-state index contributed by atoms with van der Waals surface area (Å²) in [7, 11) is 0. The maximum absolute atomic E-state index is 4.79. The fraction of sp³-hybridized carbons (Fsp3) is 0.227. The number of likely N-dealkylation sites (tertiary alicyclic amines) is 1. The van der Waals surface area contributed by atoms with E-state index in [9.17, 15) is 0 Å². The summed E-state index contributed by atoms with van der Waals surface area (Å²) in [4.78, 5) is 11.1. The van der Waals surface area contributed by atoms with Gasteiger partial charge in [0.05, 0.1) is 11.9 Å². The van der Waals surface area contributed by atoms with Crippen LogP contribution in [0.2, 0.25) is 0 Å². The van der Waals surface area contributed by atoms with E-state index in [-0.39, 0.29) is 0 Å². The zero-order chi connectivity index (χ0) is 18.8. The van der Waals surface area contributed by atoms with Crippen molar-refractivity contribution in [3.05, 3.63) is 78.8 Å². The Labute approximate surface area is 163 Å². The molecule has 1 aliphatic heterocycles. The third-order valence-corrected chi connectivity index (χ3v) is 5.21. The van der Waals surface area contributed by atoms with E-state index in [0.29, 0.717) is 6.04 Å². The molecular weight excluding hydrogens is 348 g/mol. The van der Waals surface area contributed by atoms with E-state index in [2.05, 4.69) is 50.5 Å². The van der Waals surface area contributed by atoms with Crippen LogP contribution in [-0.4, -0.2) is 43.6 Å². The van der Waals surface area contributed by atoms with E-state index < -0.39 is 0 Å². The van der Waals surface area contributed by atoms with Gasteiger partial charge < -0.3 is 5.32 Å². The third kappa shape index (κ3) is 3.46. The predicted octanol–water partition coefficient (Wildman–Crippen LogP) is 3.48. The van der Waals surface area contributed by atoms with Gasteiger partial charge in [-0.1, -0.05) is 30.3 Å². The molecule has 0 saturated carbocycles. The maximum Gasteiger partial charge on any atom is 0.154 e. The van der Waals surface area contributed by atoms with Crippen molar-refractivity contribution in [2.45, 2.75) is 19.0 Å². The first-order valence-electron chi connectivity index (χ1n) is 9.63. The van der Waals surface area contributed by atoms with Crippen LogP contribution in [0, 0.1) is 0 Å². The molecule has 1 aromatic carbocycles. The van der Waals surface area contributed by atoms with Gasteiger partial charge in [0.1, 0.15) is 5.82 Å². The smallest absolute Gasteiger partial charge is 0.154 e. The molecule has 5 rings (SSSR count). The molecule has 1 saturated heterocycles. The molecule has 4 aromatic rings. The topological polar surface area (TPSA) is 58.3 Å². The molecule has 0 amide bonds. The van der Waals surface area contributed by atoms with Gasteiger partial charge in [-0.2, -0.15) is 0 Å². The van der Waals surface area contributed by atoms with E-state index in [4.69, 9.17) is 5.10 Å². The van der Waals surface area contributed by atoms with Gasteiger partial charge in [0.25, 0.3) is 0 Å². The van der Waals surface area contributed by atoms with Gasteiger partial charge in [0, 0.05) is 43.6 Å². The highest BCUT2D eigenvalue weighted by atomic mass is 15.3. The quantitative estimate of drug-likeness (QED) is 0.583. The summed E-state index contributed by atoms with van der Waals surface area (Å²) in [6, 6.07) is 19.0. The molecule has 6 heteroatoms. The van der Waals surface area contributed by atoms with Crippen LogP contribution in [0.1, 0.15) is 12.0 Å². The summed E-state index contributed by atoms with van der Waals surface area (Å²) in [5, 5.41) is 8.39. The molecular formula is C22H22N6. The minimum Gasteiger partial charge on any atom is -0.365 e. The van der Waals surface area contributed by atoms with Gasteiger partial charge in [0.15, 0.2) is 5.65 Å². The van der Waals surface area contributed by atoms with E-state index in [0.717, 1.165) is 48.8 Å². The number of aromatic nitrogens is 4. The van der Waals surface area contributed by atoms with Gasteiger partial charge in [-0.15, -0.1) is 5.10 Å². The number of hydrogen-bond donors (Lipinski definition) is 1.